The molecule has 3 rings (SSSR count). The average Bonchev–Trinajstić information content (AvgIpc) is 3.22. The Morgan fingerprint density at radius 1 is 1.14 bits per heavy atom. The summed E-state index contributed by atoms with van der Waals surface area (Å²) in [5.74, 6) is -0.0746. The number of rotatable bonds is 6. The number of piperazine rings is 1. The third-order valence-electron chi connectivity index (χ3n) is 5.45. The molecule has 0 radical (unpaired) electrons. The van der Waals surface area contributed by atoms with Crippen LogP contribution in [0.1, 0.15) is 34.6 Å². The van der Waals surface area contributed by atoms with E-state index < -0.39 is 6.04 Å². The summed E-state index contributed by atoms with van der Waals surface area (Å²) in [6, 6.07) is 11.7. The number of carbonyl (C=O) groups excluding carboxylic acids is 2. The van der Waals surface area contributed by atoms with Gasteiger partial charge in [0.1, 0.15) is 12.6 Å². The van der Waals surface area contributed by atoms with Crippen LogP contribution >= 0.6 is 11.3 Å². The van der Waals surface area contributed by atoms with Gasteiger partial charge in [0.05, 0.1) is 31.1 Å². The molecule has 0 aliphatic carbocycles. The van der Waals surface area contributed by atoms with Crippen molar-refractivity contribution in [1.82, 2.24) is 10.2 Å². The van der Waals surface area contributed by atoms with Crippen molar-refractivity contribution in [2.24, 2.45) is 5.92 Å². The Kier molecular flexibility index (Phi) is 6.86. The lowest BCUT2D eigenvalue weighted by atomic mass is 10.0. The van der Waals surface area contributed by atoms with Crippen LogP contribution in [0.15, 0.2) is 41.8 Å². The van der Waals surface area contributed by atoms with E-state index in [9.17, 15) is 9.59 Å². The fraction of sp³-hybridized carbons (Fsp3) is 0.455. The van der Waals surface area contributed by atoms with E-state index in [0.717, 1.165) is 32.7 Å². The van der Waals surface area contributed by atoms with Gasteiger partial charge in [0.15, 0.2) is 0 Å². The van der Waals surface area contributed by atoms with Crippen LogP contribution in [-0.2, 0) is 11.3 Å². The van der Waals surface area contributed by atoms with E-state index in [1.165, 1.54) is 27.4 Å². The van der Waals surface area contributed by atoms with E-state index >= 15 is 0 Å². The van der Waals surface area contributed by atoms with Gasteiger partial charge in [-0.05, 0) is 29.9 Å². The molecule has 1 saturated heterocycles. The van der Waals surface area contributed by atoms with Crippen LogP contribution in [0, 0.1) is 12.8 Å². The van der Waals surface area contributed by atoms with Gasteiger partial charge in [-0.2, -0.15) is 0 Å². The normalized spacial score (nSPS) is 16.2. The highest BCUT2D eigenvalue weighted by Gasteiger charge is 2.32. The van der Waals surface area contributed by atoms with E-state index in [0.29, 0.717) is 4.88 Å². The fourth-order valence-electron chi connectivity index (χ4n) is 3.63. The summed E-state index contributed by atoms with van der Waals surface area (Å²) in [6.45, 7) is 10.5. The number of amides is 2. The summed E-state index contributed by atoms with van der Waals surface area (Å²) < 4.78 is 0. The molecule has 1 aliphatic heterocycles. The molecular formula is C22H30N3O2S+. The van der Waals surface area contributed by atoms with Crippen molar-refractivity contribution in [2.75, 3.05) is 26.2 Å². The van der Waals surface area contributed by atoms with E-state index in [1.807, 2.05) is 30.2 Å². The maximum Gasteiger partial charge on any atom is 0.262 e. The smallest absolute Gasteiger partial charge is 0.262 e. The molecule has 1 aromatic heterocycles. The van der Waals surface area contributed by atoms with Gasteiger partial charge in [-0.1, -0.05) is 44.2 Å². The monoisotopic (exact) mass is 400 g/mol. The maximum atomic E-state index is 13.1. The Labute approximate surface area is 171 Å². The first-order chi connectivity index (χ1) is 13.5. The number of hydrogen-bond acceptors (Lipinski definition) is 3. The first kappa shape index (κ1) is 20.6. The second kappa shape index (κ2) is 9.34. The van der Waals surface area contributed by atoms with Gasteiger partial charge in [-0.15, -0.1) is 11.3 Å². The van der Waals surface area contributed by atoms with Crippen LogP contribution in [0.25, 0.3) is 0 Å². The maximum absolute atomic E-state index is 13.1. The molecule has 0 unspecified atom stereocenters. The van der Waals surface area contributed by atoms with Crippen LogP contribution in [0.4, 0.5) is 0 Å². The van der Waals surface area contributed by atoms with Crippen molar-refractivity contribution in [3.05, 3.63) is 57.8 Å². The van der Waals surface area contributed by atoms with Crippen molar-refractivity contribution in [1.29, 1.82) is 0 Å². The average molecular weight is 401 g/mol. The minimum Gasteiger partial charge on any atom is -0.339 e. The lowest BCUT2D eigenvalue weighted by molar-refractivity contribution is -0.917. The van der Waals surface area contributed by atoms with Crippen molar-refractivity contribution < 1.29 is 14.5 Å². The van der Waals surface area contributed by atoms with Gasteiger partial charge in [0, 0.05) is 5.56 Å². The predicted molar refractivity (Wildman–Crippen MR) is 113 cm³/mol. The van der Waals surface area contributed by atoms with Crippen LogP contribution < -0.4 is 10.2 Å². The zero-order valence-corrected chi connectivity index (χ0v) is 17.7. The molecule has 0 bridgehead atoms. The summed E-state index contributed by atoms with van der Waals surface area (Å²) in [6.07, 6.45) is 0. The lowest BCUT2D eigenvalue weighted by Gasteiger charge is -2.35. The lowest BCUT2D eigenvalue weighted by Crippen LogP contribution is -3.13. The van der Waals surface area contributed by atoms with Gasteiger partial charge >= 0.3 is 0 Å². The van der Waals surface area contributed by atoms with Crippen LogP contribution in [0.2, 0.25) is 0 Å². The number of hydrogen-bond donors (Lipinski definition) is 2. The Morgan fingerprint density at radius 2 is 1.86 bits per heavy atom. The molecule has 0 saturated carbocycles. The van der Waals surface area contributed by atoms with Crippen molar-refractivity contribution in [3.63, 3.8) is 0 Å². The highest BCUT2D eigenvalue weighted by atomic mass is 32.1. The molecule has 5 nitrogen and oxygen atoms in total. The van der Waals surface area contributed by atoms with Crippen molar-refractivity contribution in [2.45, 2.75) is 33.4 Å². The van der Waals surface area contributed by atoms with Crippen molar-refractivity contribution in [3.8, 4) is 0 Å². The van der Waals surface area contributed by atoms with E-state index in [1.54, 1.807) is 6.07 Å². The van der Waals surface area contributed by atoms with Gasteiger partial charge in [0.25, 0.3) is 5.91 Å². The quantitative estimate of drug-likeness (QED) is 0.776. The Hall–Kier alpha value is -2.18. The minimum absolute atomic E-state index is 0.0369. The van der Waals surface area contributed by atoms with Gasteiger partial charge in [-0.25, -0.2) is 0 Å². The molecule has 6 heteroatoms. The third kappa shape index (κ3) is 5.00. The van der Waals surface area contributed by atoms with Gasteiger partial charge < -0.3 is 15.1 Å². The highest BCUT2D eigenvalue weighted by molar-refractivity contribution is 7.12. The molecule has 28 heavy (non-hydrogen) atoms. The summed E-state index contributed by atoms with van der Waals surface area (Å²) in [5.41, 5.74) is 2.70. The molecule has 1 aliphatic rings. The third-order valence-corrected chi connectivity index (χ3v) is 6.32. The zero-order valence-electron chi connectivity index (χ0n) is 16.9. The number of nitrogens with zero attached hydrogens (tertiary/aromatic N) is 1. The van der Waals surface area contributed by atoms with Crippen LogP contribution in [-0.4, -0.2) is 48.9 Å². The fourth-order valence-corrected chi connectivity index (χ4v) is 4.26. The van der Waals surface area contributed by atoms with E-state index in [-0.39, 0.29) is 17.7 Å². The van der Waals surface area contributed by atoms with Crippen LogP contribution in [0.5, 0.6) is 0 Å². The number of thiophene rings is 1. The number of benzene rings is 1. The molecule has 1 fully saturated rings. The molecule has 2 heterocycles. The first-order valence-corrected chi connectivity index (χ1v) is 10.8. The zero-order chi connectivity index (χ0) is 20.1. The Bertz CT molecular complexity index is 796. The summed E-state index contributed by atoms with van der Waals surface area (Å²) >= 11 is 1.39. The Morgan fingerprint density at radius 3 is 2.46 bits per heavy atom. The minimum atomic E-state index is -0.479. The van der Waals surface area contributed by atoms with Gasteiger partial charge in [-0.3, -0.25) is 9.59 Å². The molecule has 2 aromatic rings. The van der Waals surface area contributed by atoms with Crippen molar-refractivity contribution >= 4 is 23.2 Å². The second-order valence-corrected chi connectivity index (χ2v) is 8.80. The number of carbonyl (C=O) groups is 2. The molecule has 1 atom stereocenters. The topological polar surface area (TPSA) is 53.9 Å². The molecular weight excluding hydrogens is 370 g/mol. The molecule has 1 aromatic carbocycles. The van der Waals surface area contributed by atoms with E-state index in [4.69, 9.17) is 0 Å². The molecule has 150 valence electrons. The SMILES string of the molecule is Cc1ccccc1C[NH+]1CCN(C(=O)[C@H](NC(=O)c2cccs2)C(C)C)CC1. The molecule has 0 spiro atoms. The number of quaternary nitrogens is 1. The summed E-state index contributed by atoms with van der Waals surface area (Å²) in [7, 11) is 0. The van der Waals surface area contributed by atoms with Gasteiger partial charge in [0.2, 0.25) is 5.91 Å². The standard InChI is InChI=1S/C22H29N3O2S/c1-16(2)20(23-21(26)19-9-6-14-28-19)22(27)25-12-10-24(11-13-25)15-18-8-5-4-7-17(18)3/h4-9,14,16,20H,10-13,15H2,1-3H3,(H,23,26)/p+1/t20-/m1/s1. The number of aryl methyl sites for hydroxylation is 1. The Balaban J connectivity index is 1.56. The first-order valence-electron chi connectivity index (χ1n) is 9.97. The molecule has 2 N–H and O–H groups in total. The molecule has 2 amide bonds. The second-order valence-electron chi connectivity index (χ2n) is 7.85. The largest absolute Gasteiger partial charge is 0.339 e. The summed E-state index contributed by atoms with van der Waals surface area (Å²) in [5, 5.41) is 4.82. The van der Waals surface area contributed by atoms with E-state index in [2.05, 4.69) is 36.5 Å². The predicted octanol–water partition coefficient (Wildman–Crippen LogP) is 1.74. The highest BCUT2D eigenvalue weighted by Crippen LogP contribution is 2.12. The van der Waals surface area contributed by atoms with Crippen LogP contribution in [0.3, 0.4) is 0 Å². The number of nitrogens with one attached hydrogen (secondary N) is 2. The summed E-state index contributed by atoms with van der Waals surface area (Å²) in [4.78, 5) is 29.6.